The number of aromatic carboxylic acids is 1. The highest BCUT2D eigenvalue weighted by molar-refractivity contribution is 9.10. The van der Waals surface area contributed by atoms with Crippen LogP contribution in [0, 0.1) is 6.92 Å². The smallest absolute Gasteiger partial charge is 0.358 e. The lowest BCUT2D eigenvalue weighted by atomic mass is 10.2. The molecule has 21 heavy (non-hydrogen) atoms. The summed E-state index contributed by atoms with van der Waals surface area (Å²) in [7, 11) is 0. The first kappa shape index (κ1) is 15.2. The first-order valence-electron chi connectivity index (χ1n) is 6.21. The number of nitrogens with zero attached hydrogens (tertiary/aromatic N) is 2. The van der Waals surface area contributed by atoms with Crippen LogP contribution in [0.2, 0.25) is 0 Å². The lowest BCUT2D eigenvalue weighted by Gasteiger charge is -2.08. The highest BCUT2D eigenvalue weighted by Gasteiger charge is 2.18. The van der Waals surface area contributed by atoms with Gasteiger partial charge in [0.05, 0.1) is 17.9 Å². The molecule has 6 nitrogen and oxygen atoms in total. The molecule has 1 N–H and O–H groups in total. The van der Waals surface area contributed by atoms with Gasteiger partial charge < -0.3 is 9.84 Å². The number of esters is 1. The Hall–Kier alpha value is -2.15. The third kappa shape index (κ3) is 3.13. The van der Waals surface area contributed by atoms with Crippen LogP contribution in [0.5, 0.6) is 0 Å². The summed E-state index contributed by atoms with van der Waals surface area (Å²) in [6, 6.07) is 6.39. The van der Waals surface area contributed by atoms with Gasteiger partial charge in [0.25, 0.3) is 0 Å². The largest absolute Gasteiger partial charge is 0.478 e. The molecule has 7 heteroatoms. The molecule has 0 unspecified atom stereocenters. The van der Waals surface area contributed by atoms with E-state index in [4.69, 9.17) is 4.74 Å². The summed E-state index contributed by atoms with van der Waals surface area (Å²) in [5.41, 5.74) is 1.27. The van der Waals surface area contributed by atoms with Crippen LogP contribution in [0.1, 0.15) is 33.5 Å². The van der Waals surface area contributed by atoms with E-state index < -0.39 is 11.9 Å². The number of hydrogen-bond acceptors (Lipinski definition) is 4. The molecule has 0 atom stereocenters. The minimum absolute atomic E-state index is 0.0889. The van der Waals surface area contributed by atoms with Gasteiger partial charge in [-0.05, 0) is 38.1 Å². The minimum atomic E-state index is -1.07. The van der Waals surface area contributed by atoms with Gasteiger partial charge in [-0.25, -0.2) is 14.3 Å². The molecule has 0 saturated carbocycles. The fraction of sp³-hybridized carbons (Fsp3) is 0.214. The topological polar surface area (TPSA) is 81.4 Å². The van der Waals surface area contributed by atoms with E-state index in [1.54, 1.807) is 32.0 Å². The van der Waals surface area contributed by atoms with Crippen molar-refractivity contribution in [1.29, 1.82) is 0 Å². The molecule has 1 aromatic carbocycles. The quantitative estimate of drug-likeness (QED) is 0.855. The number of benzene rings is 1. The van der Waals surface area contributed by atoms with E-state index in [1.165, 1.54) is 10.7 Å². The molecule has 0 amide bonds. The Labute approximate surface area is 129 Å². The fourth-order valence-corrected chi connectivity index (χ4v) is 2.25. The molecule has 0 saturated heterocycles. The van der Waals surface area contributed by atoms with Crippen LogP contribution in [0.4, 0.5) is 0 Å². The number of ether oxygens (including phenoxy) is 1. The average Bonchev–Trinajstić information content (AvgIpc) is 2.81. The van der Waals surface area contributed by atoms with Crippen molar-refractivity contribution < 1.29 is 19.4 Å². The number of aryl methyl sites for hydroxylation is 1. The van der Waals surface area contributed by atoms with Gasteiger partial charge >= 0.3 is 11.9 Å². The number of halogens is 1. The van der Waals surface area contributed by atoms with E-state index in [1.807, 2.05) is 0 Å². The Morgan fingerprint density at radius 3 is 2.71 bits per heavy atom. The van der Waals surface area contributed by atoms with Crippen molar-refractivity contribution in [3.63, 3.8) is 0 Å². The van der Waals surface area contributed by atoms with E-state index in [9.17, 15) is 14.7 Å². The van der Waals surface area contributed by atoms with Crippen molar-refractivity contribution in [2.45, 2.75) is 13.8 Å². The van der Waals surface area contributed by atoms with Crippen LogP contribution < -0.4 is 0 Å². The van der Waals surface area contributed by atoms with Gasteiger partial charge in [-0.15, -0.1) is 0 Å². The maximum atomic E-state index is 11.7. The van der Waals surface area contributed by atoms with Crippen molar-refractivity contribution in [3.8, 4) is 5.69 Å². The zero-order valence-electron chi connectivity index (χ0n) is 11.5. The zero-order chi connectivity index (χ0) is 15.6. The maximum Gasteiger partial charge on any atom is 0.358 e. The summed E-state index contributed by atoms with van der Waals surface area (Å²) in [4.78, 5) is 23.0. The Balaban J connectivity index is 2.53. The molecule has 0 spiro atoms. The van der Waals surface area contributed by atoms with Crippen LogP contribution >= 0.6 is 15.9 Å². The predicted molar refractivity (Wildman–Crippen MR) is 78.9 cm³/mol. The molecule has 2 aromatic rings. The van der Waals surface area contributed by atoms with E-state index in [0.717, 1.165) is 0 Å². The number of hydrogen-bond donors (Lipinski definition) is 1. The third-order valence-corrected chi connectivity index (χ3v) is 3.28. The molecule has 0 aliphatic rings. The predicted octanol–water partition coefficient (Wildman–Crippen LogP) is 2.82. The van der Waals surface area contributed by atoms with Gasteiger partial charge in [0.1, 0.15) is 0 Å². The second kappa shape index (κ2) is 6.09. The van der Waals surface area contributed by atoms with Gasteiger partial charge in [-0.2, -0.15) is 5.10 Å². The standard InChI is InChI=1S/C14H13BrN2O4/c1-3-21-14(20)11-6-8(2)17(16-11)12-5-4-9(15)7-10(12)13(18)19/h4-7H,3H2,1-2H3,(H,18,19). The summed E-state index contributed by atoms with van der Waals surface area (Å²) in [5.74, 6) is -1.60. The van der Waals surface area contributed by atoms with Crippen molar-refractivity contribution in [1.82, 2.24) is 9.78 Å². The summed E-state index contributed by atoms with van der Waals surface area (Å²) >= 11 is 3.24. The first-order valence-corrected chi connectivity index (χ1v) is 7.00. The highest BCUT2D eigenvalue weighted by Crippen LogP contribution is 2.22. The lowest BCUT2D eigenvalue weighted by molar-refractivity contribution is 0.0518. The molecule has 2 rings (SSSR count). The maximum absolute atomic E-state index is 11.7. The Morgan fingerprint density at radius 2 is 2.10 bits per heavy atom. The molecule has 1 heterocycles. The second-order valence-electron chi connectivity index (χ2n) is 4.27. The zero-order valence-corrected chi connectivity index (χ0v) is 13.0. The summed E-state index contributed by atoms with van der Waals surface area (Å²) in [5, 5.41) is 13.4. The van der Waals surface area contributed by atoms with Crippen LogP contribution in [0.15, 0.2) is 28.7 Å². The van der Waals surface area contributed by atoms with Crippen LogP contribution in [-0.4, -0.2) is 33.4 Å². The van der Waals surface area contributed by atoms with Gasteiger partial charge in [-0.1, -0.05) is 15.9 Å². The van der Waals surface area contributed by atoms with Crippen molar-refractivity contribution in [2.24, 2.45) is 0 Å². The number of carbonyl (C=O) groups is 2. The van der Waals surface area contributed by atoms with Crippen molar-refractivity contribution in [2.75, 3.05) is 6.61 Å². The monoisotopic (exact) mass is 352 g/mol. The van der Waals surface area contributed by atoms with Gasteiger partial charge in [0.2, 0.25) is 0 Å². The van der Waals surface area contributed by atoms with E-state index >= 15 is 0 Å². The number of rotatable bonds is 4. The van der Waals surface area contributed by atoms with Crippen molar-refractivity contribution >= 4 is 27.9 Å². The Morgan fingerprint density at radius 1 is 1.38 bits per heavy atom. The SMILES string of the molecule is CCOC(=O)c1cc(C)n(-c2ccc(Br)cc2C(=O)O)n1. The van der Waals surface area contributed by atoms with E-state index in [-0.39, 0.29) is 17.9 Å². The molecule has 0 aliphatic heterocycles. The summed E-state index contributed by atoms with van der Waals surface area (Å²) in [6.07, 6.45) is 0. The molecule has 0 aliphatic carbocycles. The fourth-order valence-electron chi connectivity index (χ4n) is 1.89. The van der Waals surface area contributed by atoms with Crippen LogP contribution in [-0.2, 0) is 4.74 Å². The molecule has 110 valence electrons. The second-order valence-corrected chi connectivity index (χ2v) is 5.19. The molecule has 0 fully saturated rings. The summed E-state index contributed by atoms with van der Waals surface area (Å²) in [6.45, 7) is 3.70. The number of carbonyl (C=O) groups excluding carboxylic acids is 1. The summed E-state index contributed by atoms with van der Waals surface area (Å²) < 4.78 is 6.96. The van der Waals surface area contributed by atoms with Crippen LogP contribution in [0.25, 0.3) is 5.69 Å². The Kier molecular flexibility index (Phi) is 4.42. The minimum Gasteiger partial charge on any atom is -0.478 e. The highest BCUT2D eigenvalue weighted by atomic mass is 79.9. The van der Waals surface area contributed by atoms with Crippen LogP contribution in [0.3, 0.4) is 0 Å². The third-order valence-electron chi connectivity index (χ3n) is 2.79. The Bertz CT molecular complexity index is 709. The van der Waals surface area contributed by atoms with Gasteiger partial charge in [0, 0.05) is 10.2 Å². The van der Waals surface area contributed by atoms with Gasteiger partial charge in [0.15, 0.2) is 5.69 Å². The average molecular weight is 353 g/mol. The number of carboxylic acid groups (broad SMARTS) is 1. The molecule has 0 bridgehead atoms. The first-order chi connectivity index (χ1) is 9.93. The lowest BCUT2D eigenvalue weighted by Crippen LogP contribution is -2.10. The van der Waals surface area contributed by atoms with Crippen molar-refractivity contribution in [3.05, 3.63) is 45.7 Å². The van der Waals surface area contributed by atoms with E-state index in [2.05, 4.69) is 21.0 Å². The molecular formula is C14H13BrN2O4. The molecule has 1 aromatic heterocycles. The normalized spacial score (nSPS) is 10.4. The molecule has 0 radical (unpaired) electrons. The number of aromatic nitrogens is 2. The van der Waals surface area contributed by atoms with E-state index in [0.29, 0.717) is 15.9 Å². The van der Waals surface area contributed by atoms with Gasteiger partial charge in [-0.3, -0.25) is 0 Å². The number of carboxylic acids is 1. The molecular weight excluding hydrogens is 340 g/mol.